The highest BCUT2D eigenvalue weighted by molar-refractivity contribution is 7.09. The summed E-state index contributed by atoms with van der Waals surface area (Å²) in [5, 5.41) is 13.1. The van der Waals surface area contributed by atoms with E-state index in [4.69, 9.17) is 14.2 Å². The highest BCUT2D eigenvalue weighted by Crippen LogP contribution is 2.34. The van der Waals surface area contributed by atoms with Gasteiger partial charge >= 0.3 is 0 Å². The number of carbonyl (C=O) groups excluding carboxylic acids is 1. The quantitative estimate of drug-likeness (QED) is 0.469. The molecule has 1 aliphatic rings. The number of H-pyrrole nitrogens is 1. The Morgan fingerprint density at radius 2 is 2.13 bits per heavy atom. The molecular weight excluding hydrogens is 414 g/mol. The Morgan fingerprint density at radius 3 is 2.97 bits per heavy atom. The van der Waals surface area contributed by atoms with Gasteiger partial charge in [0.2, 0.25) is 6.79 Å². The van der Waals surface area contributed by atoms with Gasteiger partial charge in [0.1, 0.15) is 5.75 Å². The van der Waals surface area contributed by atoms with Crippen molar-refractivity contribution < 1.29 is 19.0 Å². The number of hydrogen-bond donors (Lipinski definition) is 2. The predicted octanol–water partition coefficient (Wildman–Crippen LogP) is 4.46. The summed E-state index contributed by atoms with van der Waals surface area (Å²) in [6.07, 6.45) is 3.81. The van der Waals surface area contributed by atoms with Crippen molar-refractivity contribution in [3.63, 3.8) is 0 Å². The minimum atomic E-state index is -0.195. The molecule has 0 saturated heterocycles. The molecule has 7 nitrogen and oxygen atoms in total. The van der Waals surface area contributed by atoms with Crippen LogP contribution in [0.3, 0.4) is 0 Å². The Labute approximate surface area is 182 Å². The van der Waals surface area contributed by atoms with E-state index in [0.29, 0.717) is 23.6 Å². The van der Waals surface area contributed by atoms with Gasteiger partial charge in [0.05, 0.1) is 35.8 Å². The number of aromatic nitrogens is 2. The van der Waals surface area contributed by atoms with Gasteiger partial charge in [-0.1, -0.05) is 18.2 Å². The summed E-state index contributed by atoms with van der Waals surface area (Å²) in [4.78, 5) is 13.9. The Balaban J connectivity index is 1.45. The number of benzene rings is 2. The van der Waals surface area contributed by atoms with E-state index < -0.39 is 0 Å². The van der Waals surface area contributed by atoms with Crippen molar-refractivity contribution in [2.45, 2.75) is 6.54 Å². The van der Waals surface area contributed by atoms with Crippen LogP contribution in [0.15, 0.2) is 47.8 Å². The van der Waals surface area contributed by atoms with E-state index in [-0.39, 0.29) is 12.7 Å². The van der Waals surface area contributed by atoms with Crippen molar-refractivity contribution in [2.75, 3.05) is 13.9 Å². The number of ether oxygens (including phenoxy) is 3. The fourth-order valence-corrected chi connectivity index (χ4v) is 4.13. The molecule has 2 aromatic heterocycles. The molecule has 0 spiro atoms. The summed E-state index contributed by atoms with van der Waals surface area (Å²) in [6, 6.07) is 13.3. The smallest absolute Gasteiger partial charge is 0.255 e. The maximum Gasteiger partial charge on any atom is 0.255 e. The van der Waals surface area contributed by atoms with Gasteiger partial charge in [-0.15, -0.1) is 11.3 Å². The zero-order valence-corrected chi connectivity index (χ0v) is 17.5. The monoisotopic (exact) mass is 433 g/mol. The maximum atomic E-state index is 12.8. The number of thiophene rings is 1. The van der Waals surface area contributed by atoms with Gasteiger partial charge in [0.25, 0.3) is 5.91 Å². The number of aromatic amines is 1. The first-order valence-electron chi connectivity index (χ1n) is 9.66. The number of fused-ring (bicyclic) bond motifs is 2. The third-order valence-corrected chi connectivity index (χ3v) is 5.87. The molecule has 31 heavy (non-hydrogen) atoms. The topological polar surface area (TPSA) is 85.5 Å². The zero-order valence-electron chi connectivity index (χ0n) is 16.7. The number of hydrogen-bond acceptors (Lipinski definition) is 6. The first kappa shape index (κ1) is 19.2. The van der Waals surface area contributed by atoms with Crippen LogP contribution in [0, 0.1) is 0 Å². The lowest BCUT2D eigenvalue weighted by Gasteiger charge is -2.10. The van der Waals surface area contributed by atoms with Crippen LogP contribution < -0.4 is 19.5 Å². The second-order valence-corrected chi connectivity index (χ2v) is 7.92. The molecular formula is C23H19N3O4S. The van der Waals surface area contributed by atoms with Gasteiger partial charge in [-0.25, -0.2) is 0 Å². The van der Waals surface area contributed by atoms with Gasteiger partial charge in [0, 0.05) is 4.88 Å². The van der Waals surface area contributed by atoms with Crippen LogP contribution in [0.1, 0.15) is 26.5 Å². The van der Waals surface area contributed by atoms with Crippen LogP contribution in [0.5, 0.6) is 17.2 Å². The molecule has 0 saturated carbocycles. The number of methoxy groups -OCH3 is 1. The van der Waals surface area contributed by atoms with Crippen LogP contribution in [0.2, 0.25) is 0 Å². The molecule has 0 aliphatic carbocycles. The highest BCUT2D eigenvalue weighted by atomic mass is 32.1. The first-order chi connectivity index (χ1) is 15.2. The Hall–Kier alpha value is -3.78. The molecule has 0 unspecified atom stereocenters. The fourth-order valence-electron chi connectivity index (χ4n) is 3.49. The Morgan fingerprint density at radius 1 is 1.23 bits per heavy atom. The van der Waals surface area contributed by atoms with Crippen molar-refractivity contribution in [2.24, 2.45) is 0 Å². The Bertz CT molecular complexity index is 1280. The second kappa shape index (κ2) is 8.16. The standard InChI is InChI=1S/C23H19N3O4S/c1-28-22-16(23(27)24-12-15-3-2-10-31-15)6-8-18-21(22)17(25-26-18)7-4-14-5-9-19-20(11-14)30-13-29-19/h2-11H,12-13H2,1H3,(H,24,27)(H,25,26). The lowest BCUT2D eigenvalue weighted by Crippen LogP contribution is -2.22. The summed E-state index contributed by atoms with van der Waals surface area (Å²) in [5.74, 6) is 1.75. The molecule has 4 aromatic rings. The number of nitrogens with one attached hydrogen (secondary N) is 2. The van der Waals surface area contributed by atoms with Crippen LogP contribution in [-0.2, 0) is 6.54 Å². The SMILES string of the molecule is COc1c(C(=O)NCc2cccs2)ccc2[nH]nc(C=Cc3ccc4c(c3)OCO4)c12. The van der Waals surface area contributed by atoms with Crippen LogP contribution in [-0.4, -0.2) is 30.0 Å². The van der Waals surface area contributed by atoms with Gasteiger partial charge in [-0.3, -0.25) is 9.89 Å². The average molecular weight is 433 g/mol. The normalized spacial score (nSPS) is 12.5. The molecule has 3 heterocycles. The summed E-state index contributed by atoms with van der Waals surface area (Å²) in [6.45, 7) is 0.709. The molecule has 1 aliphatic heterocycles. The Kier molecular flexibility index (Phi) is 5.05. The summed E-state index contributed by atoms with van der Waals surface area (Å²) in [5.41, 5.74) is 2.88. The van der Waals surface area contributed by atoms with Crippen LogP contribution >= 0.6 is 11.3 Å². The second-order valence-electron chi connectivity index (χ2n) is 6.89. The lowest BCUT2D eigenvalue weighted by molar-refractivity contribution is 0.0948. The minimum Gasteiger partial charge on any atom is -0.495 e. The predicted molar refractivity (Wildman–Crippen MR) is 120 cm³/mol. The van der Waals surface area contributed by atoms with Gasteiger partial charge < -0.3 is 19.5 Å². The van der Waals surface area contributed by atoms with E-state index in [1.165, 1.54) is 0 Å². The first-order valence-corrected chi connectivity index (χ1v) is 10.5. The number of rotatable bonds is 6. The molecule has 2 aromatic carbocycles. The van der Waals surface area contributed by atoms with E-state index in [1.54, 1.807) is 24.5 Å². The van der Waals surface area contributed by atoms with E-state index in [9.17, 15) is 4.79 Å². The van der Waals surface area contributed by atoms with Gasteiger partial charge in [0.15, 0.2) is 11.5 Å². The van der Waals surface area contributed by atoms with Crippen LogP contribution in [0.25, 0.3) is 23.1 Å². The van der Waals surface area contributed by atoms with Crippen molar-refractivity contribution in [3.8, 4) is 17.2 Å². The van der Waals surface area contributed by atoms with Crippen molar-refractivity contribution in [1.29, 1.82) is 0 Å². The zero-order chi connectivity index (χ0) is 21.2. The molecule has 8 heteroatoms. The summed E-state index contributed by atoms with van der Waals surface area (Å²) in [7, 11) is 1.56. The fraction of sp³-hybridized carbons (Fsp3) is 0.130. The molecule has 1 amide bonds. The lowest BCUT2D eigenvalue weighted by atomic mass is 10.1. The maximum absolute atomic E-state index is 12.8. The number of carbonyl (C=O) groups is 1. The molecule has 0 atom stereocenters. The van der Waals surface area contributed by atoms with Gasteiger partial charge in [-0.2, -0.15) is 5.10 Å². The highest BCUT2D eigenvalue weighted by Gasteiger charge is 2.19. The van der Waals surface area contributed by atoms with Crippen molar-refractivity contribution in [3.05, 3.63) is 69.5 Å². The molecule has 2 N–H and O–H groups in total. The molecule has 0 radical (unpaired) electrons. The largest absolute Gasteiger partial charge is 0.495 e. The summed E-state index contributed by atoms with van der Waals surface area (Å²) < 4.78 is 16.4. The van der Waals surface area contributed by atoms with Crippen molar-refractivity contribution >= 4 is 40.3 Å². The van der Waals surface area contributed by atoms with E-state index >= 15 is 0 Å². The van der Waals surface area contributed by atoms with Crippen molar-refractivity contribution in [1.82, 2.24) is 15.5 Å². The number of amides is 1. The molecule has 0 bridgehead atoms. The summed E-state index contributed by atoms with van der Waals surface area (Å²) >= 11 is 1.60. The molecule has 0 fully saturated rings. The van der Waals surface area contributed by atoms with E-state index in [2.05, 4.69) is 15.5 Å². The third-order valence-electron chi connectivity index (χ3n) is 4.99. The molecule has 156 valence electrons. The minimum absolute atomic E-state index is 0.195. The van der Waals surface area contributed by atoms with E-state index in [0.717, 1.165) is 32.8 Å². The number of nitrogens with zero attached hydrogens (tertiary/aromatic N) is 1. The average Bonchev–Trinajstić information content (AvgIpc) is 3.55. The molecule has 5 rings (SSSR count). The van der Waals surface area contributed by atoms with E-state index in [1.807, 2.05) is 53.9 Å². The van der Waals surface area contributed by atoms with Crippen LogP contribution in [0.4, 0.5) is 0 Å². The third kappa shape index (κ3) is 3.73. The van der Waals surface area contributed by atoms with Gasteiger partial charge in [-0.05, 0) is 47.4 Å².